The number of fused-ring (bicyclic) bond motifs is 1. The molecule has 0 radical (unpaired) electrons. The molecule has 39 heavy (non-hydrogen) atoms. The Labute approximate surface area is 222 Å². The van der Waals surface area contributed by atoms with Gasteiger partial charge in [0.1, 0.15) is 22.5 Å². The summed E-state index contributed by atoms with van der Waals surface area (Å²) in [5.74, 6) is -0.402. The number of hydrogen-bond acceptors (Lipinski definition) is 7. The maximum absolute atomic E-state index is 13.6. The molecular formula is C27H30F3N5O4. The van der Waals surface area contributed by atoms with Crippen LogP contribution >= 0.6 is 0 Å². The zero-order chi connectivity index (χ0) is 27.8. The maximum Gasteiger partial charge on any atom is 0.433 e. The van der Waals surface area contributed by atoms with Gasteiger partial charge in [-0.1, -0.05) is 19.3 Å². The molecule has 208 valence electrons. The lowest BCUT2D eigenvalue weighted by Gasteiger charge is -2.39. The number of pyridine rings is 1. The van der Waals surface area contributed by atoms with Gasteiger partial charge in [0.25, 0.3) is 5.91 Å². The predicted octanol–water partition coefficient (Wildman–Crippen LogP) is 4.43. The van der Waals surface area contributed by atoms with Gasteiger partial charge in [0.2, 0.25) is 11.8 Å². The first-order valence-corrected chi connectivity index (χ1v) is 13.0. The number of halogens is 3. The van der Waals surface area contributed by atoms with Crippen LogP contribution in [0.4, 0.5) is 13.2 Å². The molecule has 1 saturated heterocycles. The SMILES string of the molecule is COc1ccc(-c2nc(C(=O)NC3(C(=O)N4CCCC4)CCCCC3)c(CN)o2)c2ccc(C(F)(F)F)nc12. The summed E-state index contributed by atoms with van der Waals surface area (Å²) >= 11 is 0. The smallest absolute Gasteiger partial charge is 0.433 e. The predicted molar refractivity (Wildman–Crippen MR) is 136 cm³/mol. The van der Waals surface area contributed by atoms with E-state index in [0.717, 1.165) is 38.2 Å². The van der Waals surface area contributed by atoms with Crippen molar-refractivity contribution in [2.45, 2.75) is 63.2 Å². The molecule has 3 N–H and O–H groups in total. The summed E-state index contributed by atoms with van der Waals surface area (Å²) in [6.45, 7) is 1.20. The summed E-state index contributed by atoms with van der Waals surface area (Å²) < 4.78 is 51.1. The third-order valence-electron chi connectivity index (χ3n) is 7.52. The van der Waals surface area contributed by atoms with Crippen LogP contribution in [0.25, 0.3) is 22.4 Å². The average molecular weight is 546 g/mol. The standard InChI is InChI=1S/C27H30F3N5O4/c1-38-18-9-7-17(16-8-10-20(27(28,29)30)32-21(16)18)24-33-22(19(15-31)39-24)23(36)34-26(11-3-2-4-12-26)25(37)35-13-5-6-14-35/h7-10H,2-6,11-15,31H2,1H3,(H,34,36). The molecule has 12 heteroatoms. The first-order chi connectivity index (χ1) is 18.7. The van der Waals surface area contributed by atoms with Crippen molar-refractivity contribution in [1.82, 2.24) is 20.2 Å². The molecule has 0 spiro atoms. The van der Waals surface area contributed by atoms with Crippen LogP contribution in [0, 0.1) is 0 Å². The molecule has 2 aromatic heterocycles. The van der Waals surface area contributed by atoms with Crippen LogP contribution in [0.15, 0.2) is 28.7 Å². The van der Waals surface area contributed by atoms with Crippen LogP contribution in [0.1, 0.15) is 66.9 Å². The summed E-state index contributed by atoms with van der Waals surface area (Å²) in [7, 11) is 1.33. The Kier molecular flexibility index (Phi) is 7.23. The number of nitrogens with one attached hydrogen (secondary N) is 1. The van der Waals surface area contributed by atoms with Gasteiger partial charge >= 0.3 is 6.18 Å². The fraction of sp³-hybridized carbons (Fsp3) is 0.481. The zero-order valence-electron chi connectivity index (χ0n) is 21.6. The Hall–Kier alpha value is -3.67. The second-order valence-electron chi connectivity index (χ2n) is 10.00. The number of nitrogens with zero attached hydrogens (tertiary/aromatic N) is 3. The fourth-order valence-electron chi connectivity index (χ4n) is 5.53. The number of benzene rings is 1. The van der Waals surface area contributed by atoms with Crippen LogP contribution in [0.2, 0.25) is 0 Å². The van der Waals surface area contributed by atoms with E-state index < -0.39 is 23.3 Å². The third-order valence-corrected chi connectivity index (χ3v) is 7.52. The van der Waals surface area contributed by atoms with E-state index in [1.165, 1.54) is 19.2 Å². The van der Waals surface area contributed by atoms with Gasteiger partial charge in [-0.25, -0.2) is 9.97 Å². The molecule has 1 aliphatic heterocycles. The molecule has 5 rings (SSSR count). The molecule has 3 heterocycles. The highest BCUT2D eigenvalue weighted by molar-refractivity contribution is 6.00. The van der Waals surface area contributed by atoms with E-state index in [-0.39, 0.29) is 41.1 Å². The van der Waals surface area contributed by atoms with E-state index in [1.54, 1.807) is 6.07 Å². The molecular weight excluding hydrogens is 515 g/mol. The Morgan fingerprint density at radius 2 is 1.79 bits per heavy atom. The number of hydrogen-bond donors (Lipinski definition) is 2. The molecule has 2 aliphatic rings. The molecule has 1 aliphatic carbocycles. The molecule has 3 aromatic rings. The maximum atomic E-state index is 13.6. The highest BCUT2D eigenvalue weighted by Gasteiger charge is 2.44. The van der Waals surface area contributed by atoms with E-state index >= 15 is 0 Å². The van der Waals surface area contributed by atoms with Crippen molar-refractivity contribution in [2.24, 2.45) is 5.73 Å². The molecule has 2 fully saturated rings. The normalized spacial score (nSPS) is 17.4. The van der Waals surface area contributed by atoms with Gasteiger partial charge in [-0.2, -0.15) is 13.2 Å². The second-order valence-corrected chi connectivity index (χ2v) is 10.00. The molecule has 1 aromatic carbocycles. The number of ether oxygens (including phenoxy) is 1. The molecule has 0 unspecified atom stereocenters. The van der Waals surface area contributed by atoms with Crippen molar-refractivity contribution in [3.63, 3.8) is 0 Å². The Morgan fingerprint density at radius 1 is 1.08 bits per heavy atom. The lowest BCUT2D eigenvalue weighted by atomic mass is 9.80. The first-order valence-electron chi connectivity index (χ1n) is 13.0. The Bertz CT molecular complexity index is 1390. The number of likely N-dealkylation sites (tertiary alicyclic amines) is 1. The van der Waals surface area contributed by atoms with E-state index in [2.05, 4.69) is 15.3 Å². The van der Waals surface area contributed by atoms with Gasteiger partial charge in [-0.05, 0) is 49.9 Å². The van der Waals surface area contributed by atoms with Gasteiger partial charge in [0.05, 0.1) is 13.7 Å². The summed E-state index contributed by atoms with van der Waals surface area (Å²) in [4.78, 5) is 37.1. The summed E-state index contributed by atoms with van der Waals surface area (Å²) in [5, 5.41) is 3.28. The number of aromatic nitrogens is 2. The molecule has 9 nitrogen and oxygen atoms in total. The number of carbonyl (C=O) groups excluding carboxylic acids is 2. The third kappa shape index (κ3) is 5.05. The minimum absolute atomic E-state index is 0.00150. The summed E-state index contributed by atoms with van der Waals surface area (Å²) in [5.41, 5.74) is 4.03. The van der Waals surface area contributed by atoms with Gasteiger partial charge < -0.3 is 25.1 Å². The van der Waals surface area contributed by atoms with E-state index in [1.807, 2.05) is 4.90 Å². The number of amides is 2. The molecule has 0 bridgehead atoms. The number of carbonyl (C=O) groups is 2. The van der Waals surface area contributed by atoms with Crippen molar-refractivity contribution in [3.05, 3.63) is 41.4 Å². The first kappa shape index (κ1) is 26.9. The largest absolute Gasteiger partial charge is 0.494 e. The van der Waals surface area contributed by atoms with Crippen molar-refractivity contribution in [2.75, 3.05) is 20.2 Å². The summed E-state index contributed by atoms with van der Waals surface area (Å²) in [6.07, 6.45) is 0.931. The zero-order valence-corrected chi connectivity index (χ0v) is 21.6. The van der Waals surface area contributed by atoms with Gasteiger partial charge in [-0.3, -0.25) is 9.59 Å². The topological polar surface area (TPSA) is 124 Å². The van der Waals surface area contributed by atoms with Crippen molar-refractivity contribution < 1.29 is 31.9 Å². The number of oxazole rings is 1. The molecule has 0 atom stereocenters. The second kappa shape index (κ2) is 10.5. The van der Waals surface area contributed by atoms with Crippen molar-refractivity contribution in [3.8, 4) is 17.2 Å². The highest BCUT2D eigenvalue weighted by Crippen LogP contribution is 2.37. The highest BCUT2D eigenvalue weighted by atomic mass is 19.4. The molecule has 2 amide bonds. The number of alkyl halides is 3. The molecule has 1 saturated carbocycles. The minimum Gasteiger partial charge on any atom is -0.494 e. The van der Waals surface area contributed by atoms with Gasteiger partial charge in [-0.15, -0.1) is 0 Å². The Morgan fingerprint density at radius 3 is 2.44 bits per heavy atom. The van der Waals surface area contributed by atoms with Crippen LogP contribution in [0.5, 0.6) is 5.75 Å². The average Bonchev–Trinajstić information content (AvgIpc) is 3.62. The number of methoxy groups -OCH3 is 1. The van der Waals surface area contributed by atoms with Crippen molar-refractivity contribution >= 4 is 22.7 Å². The van der Waals surface area contributed by atoms with Crippen LogP contribution in [-0.4, -0.2) is 52.4 Å². The number of rotatable bonds is 6. The van der Waals surface area contributed by atoms with Crippen LogP contribution in [0.3, 0.4) is 0 Å². The monoisotopic (exact) mass is 545 g/mol. The minimum atomic E-state index is -4.64. The van der Waals surface area contributed by atoms with E-state index in [4.69, 9.17) is 14.9 Å². The van der Waals surface area contributed by atoms with Crippen LogP contribution < -0.4 is 15.8 Å². The lowest BCUT2D eigenvalue weighted by molar-refractivity contribution is -0.141. The van der Waals surface area contributed by atoms with Crippen LogP contribution in [-0.2, 0) is 17.5 Å². The Balaban J connectivity index is 1.51. The van der Waals surface area contributed by atoms with E-state index in [0.29, 0.717) is 36.9 Å². The van der Waals surface area contributed by atoms with Gasteiger partial charge in [0, 0.05) is 24.0 Å². The van der Waals surface area contributed by atoms with E-state index in [9.17, 15) is 22.8 Å². The fourth-order valence-corrected chi connectivity index (χ4v) is 5.53. The van der Waals surface area contributed by atoms with Gasteiger partial charge in [0.15, 0.2) is 11.5 Å². The lowest BCUT2D eigenvalue weighted by Crippen LogP contribution is -2.60. The summed E-state index contributed by atoms with van der Waals surface area (Å²) in [6, 6.07) is 5.16. The number of nitrogens with two attached hydrogens (primary N) is 1. The quantitative estimate of drug-likeness (QED) is 0.470. The van der Waals surface area contributed by atoms with Crippen molar-refractivity contribution in [1.29, 1.82) is 0 Å².